The van der Waals surface area contributed by atoms with Crippen molar-refractivity contribution in [2.24, 2.45) is 0 Å². The number of thiophene rings is 1. The number of nitrogens with zero attached hydrogens (tertiary/aromatic N) is 3. The SMILES string of the molecule is N#CCSc1nc2sc3c(c2c(=O)n1Cc1ccccc1)CCC3. The summed E-state index contributed by atoms with van der Waals surface area (Å²) in [6.07, 6.45) is 3.15. The van der Waals surface area contributed by atoms with Crippen LogP contribution < -0.4 is 5.56 Å². The number of thioether (sulfide) groups is 1. The Morgan fingerprint density at radius 2 is 2.12 bits per heavy atom. The highest BCUT2D eigenvalue weighted by Gasteiger charge is 2.23. The molecule has 0 amide bonds. The lowest BCUT2D eigenvalue weighted by molar-refractivity contribution is 0.659. The van der Waals surface area contributed by atoms with Crippen LogP contribution in [0.25, 0.3) is 10.2 Å². The molecule has 0 saturated heterocycles. The van der Waals surface area contributed by atoms with Crippen molar-refractivity contribution in [2.75, 3.05) is 5.75 Å². The minimum Gasteiger partial charge on any atom is -0.283 e. The third-order valence-electron chi connectivity index (χ3n) is 4.24. The zero-order valence-electron chi connectivity index (χ0n) is 13.0. The number of aromatic nitrogens is 2. The monoisotopic (exact) mass is 353 g/mol. The number of benzene rings is 1. The van der Waals surface area contributed by atoms with Gasteiger partial charge >= 0.3 is 0 Å². The van der Waals surface area contributed by atoms with Crippen LogP contribution in [0.15, 0.2) is 40.3 Å². The van der Waals surface area contributed by atoms with Crippen molar-refractivity contribution < 1.29 is 0 Å². The van der Waals surface area contributed by atoms with E-state index in [1.54, 1.807) is 15.9 Å². The Labute approximate surface area is 147 Å². The highest BCUT2D eigenvalue weighted by atomic mass is 32.2. The summed E-state index contributed by atoms with van der Waals surface area (Å²) in [5, 5.41) is 10.3. The van der Waals surface area contributed by atoms with Crippen LogP contribution in [0.2, 0.25) is 0 Å². The predicted molar refractivity (Wildman–Crippen MR) is 97.8 cm³/mol. The zero-order chi connectivity index (χ0) is 16.5. The van der Waals surface area contributed by atoms with Crippen LogP contribution in [0.5, 0.6) is 0 Å². The fourth-order valence-corrected chi connectivity index (χ4v) is 5.13. The Bertz CT molecular complexity index is 999. The van der Waals surface area contributed by atoms with Crippen molar-refractivity contribution in [3.63, 3.8) is 0 Å². The molecule has 4 nitrogen and oxygen atoms in total. The summed E-state index contributed by atoms with van der Waals surface area (Å²) in [6.45, 7) is 0.487. The van der Waals surface area contributed by atoms with Gasteiger partial charge in [-0.1, -0.05) is 42.1 Å². The Kier molecular flexibility index (Phi) is 4.13. The molecule has 0 N–H and O–H groups in total. The molecule has 2 aromatic heterocycles. The molecule has 0 aliphatic heterocycles. The van der Waals surface area contributed by atoms with Crippen LogP contribution in [0, 0.1) is 11.3 Å². The molecule has 6 heteroatoms. The van der Waals surface area contributed by atoms with Crippen LogP contribution >= 0.6 is 23.1 Å². The number of hydrogen-bond donors (Lipinski definition) is 0. The average molecular weight is 353 g/mol. The first-order chi connectivity index (χ1) is 11.8. The summed E-state index contributed by atoms with van der Waals surface area (Å²) in [4.78, 5) is 20.0. The lowest BCUT2D eigenvalue weighted by Crippen LogP contribution is -2.24. The summed E-state index contributed by atoms with van der Waals surface area (Å²) in [5.41, 5.74) is 2.29. The molecule has 0 unspecified atom stereocenters. The molecular formula is C18H15N3OS2. The van der Waals surface area contributed by atoms with E-state index in [1.165, 1.54) is 22.2 Å². The van der Waals surface area contributed by atoms with Gasteiger partial charge in [-0.05, 0) is 30.4 Å². The van der Waals surface area contributed by atoms with E-state index in [2.05, 4.69) is 6.07 Å². The fourth-order valence-electron chi connectivity index (χ4n) is 3.17. The van der Waals surface area contributed by atoms with E-state index in [0.717, 1.165) is 35.0 Å². The Balaban J connectivity index is 1.89. The van der Waals surface area contributed by atoms with E-state index in [9.17, 15) is 4.79 Å². The van der Waals surface area contributed by atoms with Gasteiger partial charge in [0.25, 0.3) is 5.56 Å². The Morgan fingerprint density at radius 1 is 1.29 bits per heavy atom. The number of hydrogen-bond acceptors (Lipinski definition) is 5. The van der Waals surface area contributed by atoms with Crippen molar-refractivity contribution in [3.8, 4) is 6.07 Å². The van der Waals surface area contributed by atoms with Crippen molar-refractivity contribution >= 4 is 33.3 Å². The van der Waals surface area contributed by atoms with Gasteiger partial charge in [0.05, 0.1) is 23.8 Å². The first-order valence-electron chi connectivity index (χ1n) is 7.86. The highest BCUT2D eigenvalue weighted by molar-refractivity contribution is 7.99. The maximum absolute atomic E-state index is 13.2. The van der Waals surface area contributed by atoms with Gasteiger partial charge in [-0.2, -0.15) is 5.26 Å². The first kappa shape index (κ1) is 15.4. The molecule has 1 aliphatic rings. The Morgan fingerprint density at radius 3 is 2.92 bits per heavy atom. The third kappa shape index (κ3) is 2.64. The molecule has 2 heterocycles. The largest absolute Gasteiger partial charge is 0.283 e. The molecule has 0 bridgehead atoms. The van der Waals surface area contributed by atoms with E-state index >= 15 is 0 Å². The van der Waals surface area contributed by atoms with E-state index in [0.29, 0.717) is 11.7 Å². The number of fused-ring (bicyclic) bond motifs is 3. The molecule has 1 aromatic carbocycles. The van der Waals surface area contributed by atoms with Crippen LogP contribution in [0.4, 0.5) is 0 Å². The number of aryl methyl sites for hydroxylation is 2. The van der Waals surface area contributed by atoms with Gasteiger partial charge in [-0.3, -0.25) is 9.36 Å². The lowest BCUT2D eigenvalue weighted by Gasteiger charge is -2.11. The van der Waals surface area contributed by atoms with Gasteiger partial charge < -0.3 is 0 Å². The molecule has 1 aliphatic carbocycles. The van der Waals surface area contributed by atoms with E-state index in [-0.39, 0.29) is 11.3 Å². The number of nitriles is 1. The van der Waals surface area contributed by atoms with Gasteiger partial charge in [0, 0.05) is 4.88 Å². The molecule has 24 heavy (non-hydrogen) atoms. The van der Waals surface area contributed by atoms with Crippen LogP contribution in [-0.4, -0.2) is 15.3 Å². The minimum absolute atomic E-state index is 0.0312. The topological polar surface area (TPSA) is 58.7 Å². The second kappa shape index (κ2) is 6.42. The van der Waals surface area contributed by atoms with Crippen molar-refractivity contribution in [3.05, 3.63) is 56.7 Å². The van der Waals surface area contributed by atoms with Crippen LogP contribution in [-0.2, 0) is 19.4 Å². The van der Waals surface area contributed by atoms with Gasteiger partial charge in [-0.25, -0.2) is 4.98 Å². The predicted octanol–water partition coefficient (Wildman–Crippen LogP) is 3.61. The summed E-state index contributed by atoms with van der Waals surface area (Å²) < 4.78 is 1.73. The summed E-state index contributed by atoms with van der Waals surface area (Å²) >= 11 is 2.98. The second-order valence-electron chi connectivity index (χ2n) is 5.76. The number of rotatable bonds is 4. The molecule has 0 spiro atoms. The second-order valence-corrected chi connectivity index (χ2v) is 7.78. The summed E-state index contributed by atoms with van der Waals surface area (Å²) in [5.74, 6) is 0.290. The van der Waals surface area contributed by atoms with Crippen LogP contribution in [0.3, 0.4) is 0 Å². The van der Waals surface area contributed by atoms with Crippen molar-refractivity contribution in [2.45, 2.75) is 31.0 Å². The lowest BCUT2D eigenvalue weighted by atomic mass is 10.2. The van der Waals surface area contributed by atoms with Gasteiger partial charge in [0.2, 0.25) is 0 Å². The molecular weight excluding hydrogens is 338 g/mol. The van der Waals surface area contributed by atoms with E-state index in [1.807, 2.05) is 30.3 Å². The molecule has 0 atom stereocenters. The quantitative estimate of drug-likeness (QED) is 0.531. The van der Waals surface area contributed by atoms with Gasteiger partial charge in [-0.15, -0.1) is 11.3 Å². The summed E-state index contributed by atoms with van der Waals surface area (Å²) in [6, 6.07) is 12.0. The zero-order valence-corrected chi connectivity index (χ0v) is 14.6. The van der Waals surface area contributed by atoms with E-state index in [4.69, 9.17) is 10.2 Å². The minimum atomic E-state index is 0.0312. The van der Waals surface area contributed by atoms with Gasteiger partial charge in [0.15, 0.2) is 5.16 Å². The van der Waals surface area contributed by atoms with Crippen molar-refractivity contribution in [1.82, 2.24) is 9.55 Å². The van der Waals surface area contributed by atoms with Crippen LogP contribution in [0.1, 0.15) is 22.4 Å². The van der Waals surface area contributed by atoms with E-state index < -0.39 is 0 Å². The Hall–Kier alpha value is -2.10. The normalized spacial score (nSPS) is 13.1. The average Bonchev–Trinajstić information content (AvgIpc) is 3.17. The maximum Gasteiger partial charge on any atom is 0.263 e. The standard InChI is InChI=1S/C18H15N3OS2/c19-9-10-23-18-20-16-15(13-7-4-8-14(13)24-16)17(22)21(18)11-12-5-2-1-3-6-12/h1-3,5-6H,4,7-8,10-11H2. The molecule has 0 saturated carbocycles. The first-order valence-corrected chi connectivity index (χ1v) is 9.67. The molecule has 3 aromatic rings. The third-order valence-corrected chi connectivity index (χ3v) is 6.27. The fraction of sp³-hybridized carbons (Fsp3) is 0.278. The molecule has 4 rings (SSSR count). The van der Waals surface area contributed by atoms with Crippen molar-refractivity contribution in [1.29, 1.82) is 5.26 Å². The highest BCUT2D eigenvalue weighted by Crippen LogP contribution is 2.35. The maximum atomic E-state index is 13.2. The smallest absolute Gasteiger partial charge is 0.263 e. The van der Waals surface area contributed by atoms with Gasteiger partial charge in [0.1, 0.15) is 4.83 Å². The summed E-state index contributed by atoms with van der Waals surface area (Å²) in [7, 11) is 0. The molecule has 0 fully saturated rings. The molecule has 0 radical (unpaired) electrons. The molecule has 120 valence electrons.